The number of hydrogen-bond acceptors (Lipinski definition) is 5. The summed E-state index contributed by atoms with van der Waals surface area (Å²) in [5, 5.41) is 7.95. The molecule has 0 bridgehead atoms. The highest BCUT2D eigenvalue weighted by molar-refractivity contribution is 6.31. The molecule has 33 heavy (non-hydrogen) atoms. The van der Waals surface area contributed by atoms with Crippen LogP contribution >= 0.6 is 11.6 Å². The number of carbonyl (C=O) groups is 2. The molecule has 0 aliphatic carbocycles. The van der Waals surface area contributed by atoms with Gasteiger partial charge in [0.05, 0.1) is 29.2 Å². The highest BCUT2D eigenvalue weighted by Crippen LogP contribution is 2.28. The van der Waals surface area contributed by atoms with Crippen molar-refractivity contribution in [2.24, 2.45) is 0 Å². The molecule has 0 spiro atoms. The van der Waals surface area contributed by atoms with Crippen LogP contribution < -0.4 is 14.8 Å². The largest absolute Gasteiger partial charge is 0.493 e. The summed E-state index contributed by atoms with van der Waals surface area (Å²) in [4.78, 5) is 25.8. The fraction of sp³-hybridized carbons (Fsp3) is 0.292. The Kier molecular flexibility index (Phi) is 7.60. The number of nitrogens with one attached hydrogen (secondary N) is 1. The molecule has 3 aromatic rings. The van der Waals surface area contributed by atoms with Crippen LogP contribution in [0, 0.1) is 13.8 Å². The van der Waals surface area contributed by atoms with E-state index < -0.39 is 0 Å². The number of aromatic nitrogens is 2. The standard InChI is InChI=1S/C24H27ClN4O4/c1-15-23(25)16(2)29(27-15)19-9-7-18(8-10-19)24(31)26-13-17-6-11-20(21(12-17)32-5)33-14-22(30)28(3)4/h6-12H,13-14H2,1-5H3,(H,26,31). The second-order valence-corrected chi connectivity index (χ2v) is 8.07. The molecule has 0 radical (unpaired) electrons. The molecule has 174 valence electrons. The summed E-state index contributed by atoms with van der Waals surface area (Å²) in [6, 6.07) is 12.4. The van der Waals surface area contributed by atoms with Gasteiger partial charge >= 0.3 is 0 Å². The summed E-state index contributed by atoms with van der Waals surface area (Å²) in [5.74, 6) is 0.591. The molecule has 3 rings (SSSR count). The highest BCUT2D eigenvalue weighted by atomic mass is 35.5. The predicted molar refractivity (Wildman–Crippen MR) is 126 cm³/mol. The van der Waals surface area contributed by atoms with Crippen LogP contribution in [-0.2, 0) is 11.3 Å². The number of hydrogen-bond donors (Lipinski definition) is 1. The molecule has 0 aliphatic rings. The van der Waals surface area contributed by atoms with Gasteiger partial charge in [-0.1, -0.05) is 17.7 Å². The molecule has 0 unspecified atom stereocenters. The van der Waals surface area contributed by atoms with Crippen LogP contribution in [0.2, 0.25) is 5.02 Å². The summed E-state index contributed by atoms with van der Waals surface area (Å²) in [5.41, 5.74) is 3.79. The van der Waals surface area contributed by atoms with Crippen LogP contribution in [0.4, 0.5) is 0 Å². The first-order valence-electron chi connectivity index (χ1n) is 10.3. The lowest BCUT2D eigenvalue weighted by Gasteiger charge is -2.14. The number of likely N-dealkylation sites (N-methyl/N-ethyl adjacent to an activating group) is 1. The van der Waals surface area contributed by atoms with Gasteiger partial charge in [-0.05, 0) is 55.8 Å². The van der Waals surface area contributed by atoms with Gasteiger partial charge in [-0.25, -0.2) is 4.68 Å². The second-order valence-electron chi connectivity index (χ2n) is 7.69. The average molecular weight is 471 g/mol. The van der Waals surface area contributed by atoms with Gasteiger partial charge in [0.25, 0.3) is 11.8 Å². The molecule has 0 fully saturated rings. The van der Waals surface area contributed by atoms with Gasteiger partial charge in [0, 0.05) is 26.2 Å². The molecular weight excluding hydrogens is 444 g/mol. The Morgan fingerprint density at radius 3 is 2.36 bits per heavy atom. The maximum absolute atomic E-state index is 12.6. The Balaban J connectivity index is 1.63. The Hall–Kier alpha value is -3.52. The maximum Gasteiger partial charge on any atom is 0.259 e. The zero-order chi connectivity index (χ0) is 24.1. The van der Waals surface area contributed by atoms with Crippen LogP contribution in [-0.4, -0.2) is 54.3 Å². The molecule has 0 atom stereocenters. The molecule has 0 saturated heterocycles. The number of ether oxygens (including phenoxy) is 2. The van der Waals surface area contributed by atoms with Crippen molar-refractivity contribution >= 4 is 23.4 Å². The van der Waals surface area contributed by atoms with Crippen molar-refractivity contribution in [2.75, 3.05) is 27.8 Å². The van der Waals surface area contributed by atoms with Gasteiger partial charge in [0.1, 0.15) is 0 Å². The zero-order valence-electron chi connectivity index (χ0n) is 19.3. The molecule has 0 aliphatic heterocycles. The van der Waals surface area contributed by atoms with Crippen molar-refractivity contribution in [1.29, 1.82) is 0 Å². The Bertz CT molecular complexity index is 1160. The van der Waals surface area contributed by atoms with Crippen LogP contribution in [0.15, 0.2) is 42.5 Å². The number of amides is 2. The summed E-state index contributed by atoms with van der Waals surface area (Å²) < 4.78 is 12.7. The minimum atomic E-state index is -0.205. The SMILES string of the molecule is COc1cc(CNC(=O)c2ccc(-n3nc(C)c(Cl)c3C)cc2)ccc1OCC(=O)N(C)C. The highest BCUT2D eigenvalue weighted by Gasteiger charge is 2.13. The first kappa shape index (κ1) is 24.1. The molecule has 2 aromatic carbocycles. The lowest BCUT2D eigenvalue weighted by Crippen LogP contribution is -2.27. The maximum atomic E-state index is 12.6. The minimum absolute atomic E-state index is 0.0841. The summed E-state index contributed by atoms with van der Waals surface area (Å²) in [6.07, 6.45) is 0. The van der Waals surface area contributed by atoms with Crippen molar-refractivity contribution in [3.05, 3.63) is 70.0 Å². The lowest BCUT2D eigenvalue weighted by molar-refractivity contribution is -0.130. The van der Waals surface area contributed by atoms with Crippen LogP contribution in [0.3, 0.4) is 0 Å². The van der Waals surface area contributed by atoms with E-state index in [0.29, 0.717) is 28.6 Å². The third kappa shape index (κ3) is 5.64. The molecule has 0 saturated carbocycles. The molecule has 1 aromatic heterocycles. The van der Waals surface area contributed by atoms with Crippen molar-refractivity contribution < 1.29 is 19.1 Å². The quantitative estimate of drug-likeness (QED) is 0.544. The Labute approximate surface area is 198 Å². The van der Waals surface area contributed by atoms with E-state index in [2.05, 4.69) is 10.4 Å². The number of benzene rings is 2. The second kappa shape index (κ2) is 10.4. The van der Waals surface area contributed by atoms with E-state index in [9.17, 15) is 9.59 Å². The summed E-state index contributed by atoms with van der Waals surface area (Å²) in [7, 11) is 4.85. The number of rotatable bonds is 8. The van der Waals surface area contributed by atoms with Gasteiger partial charge in [-0.2, -0.15) is 5.10 Å². The van der Waals surface area contributed by atoms with Crippen LogP contribution in [0.25, 0.3) is 5.69 Å². The van der Waals surface area contributed by atoms with Crippen LogP contribution in [0.1, 0.15) is 27.3 Å². The Morgan fingerprint density at radius 1 is 1.09 bits per heavy atom. The molecule has 1 heterocycles. The number of aryl methyl sites for hydroxylation is 1. The fourth-order valence-corrected chi connectivity index (χ4v) is 3.24. The van der Waals surface area contributed by atoms with Crippen molar-refractivity contribution in [3.8, 4) is 17.2 Å². The van der Waals surface area contributed by atoms with Crippen molar-refractivity contribution in [3.63, 3.8) is 0 Å². The van der Waals surface area contributed by atoms with E-state index in [1.54, 1.807) is 43.0 Å². The van der Waals surface area contributed by atoms with E-state index in [0.717, 1.165) is 22.6 Å². The zero-order valence-corrected chi connectivity index (χ0v) is 20.1. The monoisotopic (exact) mass is 470 g/mol. The number of halogens is 1. The van der Waals surface area contributed by atoms with E-state index >= 15 is 0 Å². The molecule has 8 nitrogen and oxygen atoms in total. The topological polar surface area (TPSA) is 85.7 Å². The predicted octanol–water partition coefficient (Wildman–Crippen LogP) is 3.55. The van der Waals surface area contributed by atoms with E-state index in [1.807, 2.05) is 32.0 Å². The summed E-state index contributed by atoms with van der Waals surface area (Å²) >= 11 is 6.22. The smallest absolute Gasteiger partial charge is 0.259 e. The average Bonchev–Trinajstić information content (AvgIpc) is 3.08. The number of methoxy groups -OCH3 is 1. The van der Waals surface area contributed by atoms with E-state index in [-0.39, 0.29) is 18.4 Å². The van der Waals surface area contributed by atoms with Gasteiger partial charge in [0.15, 0.2) is 18.1 Å². The lowest BCUT2D eigenvalue weighted by atomic mass is 10.1. The molecule has 1 N–H and O–H groups in total. The fourth-order valence-electron chi connectivity index (χ4n) is 3.12. The van der Waals surface area contributed by atoms with Gasteiger partial charge in [0.2, 0.25) is 0 Å². The minimum Gasteiger partial charge on any atom is -0.493 e. The first-order chi connectivity index (χ1) is 15.7. The Morgan fingerprint density at radius 2 is 1.79 bits per heavy atom. The molecular formula is C24H27ClN4O4. The molecule has 2 amide bonds. The third-order valence-corrected chi connectivity index (χ3v) is 5.66. The van der Waals surface area contributed by atoms with Crippen LogP contribution in [0.5, 0.6) is 11.5 Å². The number of carbonyl (C=O) groups excluding carboxylic acids is 2. The number of nitrogens with zero attached hydrogens (tertiary/aromatic N) is 3. The molecule has 9 heteroatoms. The normalized spacial score (nSPS) is 10.6. The third-order valence-electron chi connectivity index (χ3n) is 5.11. The van der Waals surface area contributed by atoms with E-state index in [4.69, 9.17) is 21.1 Å². The van der Waals surface area contributed by atoms with Gasteiger partial charge in [-0.15, -0.1) is 0 Å². The van der Waals surface area contributed by atoms with Crippen molar-refractivity contribution in [1.82, 2.24) is 20.0 Å². The van der Waals surface area contributed by atoms with Crippen molar-refractivity contribution in [2.45, 2.75) is 20.4 Å². The van der Waals surface area contributed by atoms with Gasteiger partial charge in [-0.3, -0.25) is 9.59 Å². The van der Waals surface area contributed by atoms with E-state index in [1.165, 1.54) is 12.0 Å². The summed E-state index contributed by atoms with van der Waals surface area (Å²) in [6.45, 7) is 3.97. The first-order valence-corrected chi connectivity index (χ1v) is 10.7. The van der Waals surface area contributed by atoms with Gasteiger partial charge < -0.3 is 19.7 Å².